The molecule has 0 atom stereocenters. The molecule has 0 amide bonds. The molecule has 0 nitrogen and oxygen atoms in total. The van der Waals surface area contributed by atoms with Crippen molar-refractivity contribution in [1.82, 2.24) is 0 Å². The summed E-state index contributed by atoms with van der Waals surface area (Å²) in [7, 11) is 0. The summed E-state index contributed by atoms with van der Waals surface area (Å²) < 4.78 is 62.7. The zero-order valence-electron chi connectivity index (χ0n) is 7.12. The molecule has 0 heterocycles. The van der Waals surface area contributed by atoms with Crippen LogP contribution in [0.1, 0.15) is 24.5 Å². The summed E-state index contributed by atoms with van der Waals surface area (Å²) in [5.74, 6) is -4.92. The Morgan fingerprint density at radius 3 is 2.29 bits per heavy atom. The van der Waals surface area contributed by atoms with Crippen LogP contribution in [-0.4, -0.2) is 0 Å². The Hall–Kier alpha value is -1.13. The van der Waals surface area contributed by atoms with E-state index in [-0.39, 0.29) is 0 Å². The summed E-state index contributed by atoms with van der Waals surface area (Å²) in [6.45, 7) is 0.438. The molecule has 0 saturated carbocycles. The smallest absolute Gasteiger partial charge is 0.206 e. The Balaban J connectivity index is 3.36. The fourth-order valence-corrected chi connectivity index (χ4v) is 1.08. The van der Waals surface area contributed by atoms with E-state index < -0.39 is 29.3 Å². The molecule has 0 unspecified atom stereocenters. The lowest BCUT2D eigenvalue weighted by Crippen LogP contribution is -2.12. The fourth-order valence-electron chi connectivity index (χ4n) is 1.08. The first-order valence-electron chi connectivity index (χ1n) is 3.70. The number of hydrogen-bond donors (Lipinski definition) is 0. The maximum absolute atomic E-state index is 12.8. The summed E-state index contributed by atoms with van der Waals surface area (Å²) in [5.41, 5.74) is -2.27. The Labute approximate surface area is 77.4 Å². The highest BCUT2D eigenvalue weighted by Crippen LogP contribution is 2.35. The molecule has 0 aliphatic rings. The van der Waals surface area contributed by atoms with Gasteiger partial charge in [0, 0.05) is 18.6 Å². The van der Waals surface area contributed by atoms with Crippen molar-refractivity contribution in [3.63, 3.8) is 0 Å². The topological polar surface area (TPSA) is 0 Å². The van der Waals surface area contributed by atoms with Crippen molar-refractivity contribution < 1.29 is 22.0 Å². The summed E-state index contributed by atoms with van der Waals surface area (Å²) in [6, 6.07) is 3.41. The molecule has 14 heavy (non-hydrogen) atoms. The van der Waals surface area contributed by atoms with Crippen LogP contribution >= 0.6 is 0 Å². The molecule has 1 radical (unpaired) electrons. The zero-order valence-corrected chi connectivity index (χ0v) is 7.12. The van der Waals surface area contributed by atoms with Gasteiger partial charge in [-0.15, -0.1) is 0 Å². The van der Waals surface area contributed by atoms with E-state index in [2.05, 4.69) is 0 Å². The lowest BCUT2D eigenvalue weighted by Gasteiger charge is -2.15. The first-order valence-corrected chi connectivity index (χ1v) is 3.70. The third-order valence-corrected chi connectivity index (χ3v) is 1.68. The standard InChI is InChI=1S/C9H6F5/c1-9(13,14)5-3-2-4-6(10)7(5)8(11)12/h2-3,8H,1H3. The van der Waals surface area contributed by atoms with E-state index in [1.807, 2.05) is 6.07 Å². The Kier molecular flexibility index (Phi) is 2.78. The summed E-state index contributed by atoms with van der Waals surface area (Å²) in [4.78, 5) is 0. The molecule has 0 aromatic heterocycles. The second kappa shape index (κ2) is 3.55. The minimum absolute atomic E-state index is 0.438. The Morgan fingerprint density at radius 2 is 1.93 bits per heavy atom. The summed E-state index contributed by atoms with van der Waals surface area (Å²) >= 11 is 0. The Morgan fingerprint density at radius 1 is 1.36 bits per heavy atom. The van der Waals surface area contributed by atoms with E-state index >= 15 is 0 Å². The lowest BCUT2D eigenvalue weighted by molar-refractivity contribution is 0.0116. The third-order valence-electron chi connectivity index (χ3n) is 1.68. The van der Waals surface area contributed by atoms with Gasteiger partial charge in [0.2, 0.25) is 0 Å². The normalized spacial score (nSPS) is 12.2. The fraction of sp³-hybridized carbons (Fsp3) is 0.333. The molecule has 0 saturated heterocycles. The molecule has 0 bridgehead atoms. The predicted octanol–water partition coefficient (Wildman–Crippen LogP) is 3.68. The first kappa shape index (κ1) is 10.9. The first-order chi connectivity index (χ1) is 6.34. The molecular formula is C9H6F5. The van der Waals surface area contributed by atoms with Gasteiger partial charge in [-0.05, 0) is 0 Å². The summed E-state index contributed by atoms with van der Waals surface area (Å²) in [6.07, 6.45) is -3.27. The minimum Gasteiger partial charge on any atom is -0.206 e. The van der Waals surface area contributed by atoms with Crippen LogP contribution in [0.25, 0.3) is 0 Å². The van der Waals surface area contributed by atoms with Crippen LogP contribution in [-0.2, 0) is 5.92 Å². The SMILES string of the molecule is CC(F)(F)c1cc[c]c(F)c1C(F)F. The van der Waals surface area contributed by atoms with Crippen LogP contribution in [0.5, 0.6) is 0 Å². The van der Waals surface area contributed by atoms with E-state index in [1.165, 1.54) is 0 Å². The van der Waals surface area contributed by atoms with Crippen LogP contribution in [0.2, 0.25) is 0 Å². The van der Waals surface area contributed by atoms with E-state index in [4.69, 9.17) is 0 Å². The third kappa shape index (κ3) is 2.02. The van der Waals surface area contributed by atoms with Gasteiger partial charge >= 0.3 is 0 Å². The van der Waals surface area contributed by atoms with Gasteiger partial charge < -0.3 is 0 Å². The molecule has 1 aromatic rings. The monoisotopic (exact) mass is 209 g/mol. The molecule has 77 valence electrons. The van der Waals surface area contributed by atoms with Crippen LogP contribution in [0, 0.1) is 11.9 Å². The quantitative estimate of drug-likeness (QED) is 0.652. The van der Waals surface area contributed by atoms with Gasteiger partial charge in [0.05, 0.1) is 5.56 Å². The average Bonchev–Trinajstić information content (AvgIpc) is 2.01. The average molecular weight is 209 g/mol. The molecule has 1 aromatic carbocycles. The van der Waals surface area contributed by atoms with Gasteiger partial charge in [0.25, 0.3) is 12.3 Å². The van der Waals surface area contributed by atoms with E-state index in [0.29, 0.717) is 6.92 Å². The van der Waals surface area contributed by atoms with Crippen molar-refractivity contribution in [2.45, 2.75) is 19.3 Å². The van der Waals surface area contributed by atoms with Gasteiger partial charge in [-0.2, -0.15) is 0 Å². The second-order valence-electron chi connectivity index (χ2n) is 2.81. The van der Waals surface area contributed by atoms with Crippen LogP contribution in [0.15, 0.2) is 12.1 Å². The van der Waals surface area contributed by atoms with Crippen LogP contribution < -0.4 is 0 Å². The molecular weight excluding hydrogens is 203 g/mol. The van der Waals surface area contributed by atoms with Crippen molar-refractivity contribution in [1.29, 1.82) is 0 Å². The van der Waals surface area contributed by atoms with Crippen molar-refractivity contribution >= 4 is 0 Å². The van der Waals surface area contributed by atoms with E-state index in [9.17, 15) is 22.0 Å². The highest BCUT2D eigenvalue weighted by atomic mass is 19.3. The molecule has 0 fully saturated rings. The highest BCUT2D eigenvalue weighted by Gasteiger charge is 2.32. The number of alkyl halides is 4. The lowest BCUT2D eigenvalue weighted by atomic mass is 10.0. The molecule has 0 aliphatic heterocycles. The number of rotatable bonds is 2. The van der Waals surface area contributed by atoms with Gasteiger partial charge in [-0.25, -0.2) is 22.0 Å². The maximum atomic E-state index is 12.8. The predicted molar refractivity (Wildman–Crippen MR) is 39.8 cm³/mol. The van der Waals surface area contributed by atoms with Gasteiger partial charge in [0.1, 0.15) is 5.82 Å². The van der Waals surface area contributed by atoms with Crippen molar-refractivity contribution in [3.8, 4) is 0 Å². The summed E-state index contributed by atoms with van der Waals surface area (Å²) in [5, 5.41) is 0. The number of halogens is 5. The molecule has 0 aliphatic carbocycles. The van der Waals surface area contributed by atoms with Crippen molar-refractivity contribution in [2.24, 2.45) is 0 Å². The Bertz CT molecular complexity index is 326. The molecule has 0 spiro atoms. The molecule has 1 rings (SSSR count). The maximum Gasteiger partial charge on any atom is 0.271 e. The van der Waals surface area contributed by atoms with Crippen molar-refractivity contribution in [3.05, 3.63) is 35.1 Å². The zero-order chi connectivity index (χ0) is 10.9. The van der Waals surface area contributed by atoms with Crippen LogP contribution in [0.3, 0.4) is 0 Å². The van der Waals surface area contributed by atoms with Crippen LogP contribution in [0.4, 0.5) is 22.0 Å². The number of benzene rings is 1. The molecule has 5 heteroatoms. The molecule has 0 N–H and O–H groups in total. The van der Waals surface area contributed by atoms with Gasteiger partial charge in [-0.3, -0.25) is 0 Å². The van der Waals surface area contributed by atoms with E-state index in [0.717, 1.165) is 12.1 Å². The number of hydrogen-bond acceptors (Lipinski definition) is 0. The largest absolute Gasteiger partial charge is 0.271 e. The second-order valence-corrected chi connectivity index (χ2v) is 2.81. The minimum atomic E-state index is -3.48. The highest BCUT2D eigenvalue weighted by molar-refractivity contribution is 5.32. The van der Waals surface area contributed by atoms with Gasteiger partial charge in [0.15, 0.2) is 0 Å². The van der Waals surface area contributed by atoms with E-state index in [1.54, 1.807) is 0 Å². The van der Waals surface area contributed by atoms with Crippen molar-refractivity contribution in [2.75, 3.05) is 0 Å². The van der Waals surface area contributed by atoms with Gasteiger partial charge in [-0.1, -0.05) is 12.1 Å².